The number of hydrogen-bond acceptors (Lipinski definition) is 1. The summed E-state index contributed by atoms with van der Waals surface area (Å²) in [6.45, 7) is 0. The van der Waals surface area contributed by atoms with E-state index in [1.165, 1.54) is 59.2 Å². The van der Waals surface area contributed by atoms with Crippen molar-refractivity contribution >= 4 is 94.9 Å². The van der Waals surface area contributed by atoms with Crippen LogP contribution in [0.15, 0.2) is 216 Å². The first-order valence-electron chi connectivity index (χ1n) is 20.2. The Hall–Kier alpha value is -7.14. The maximum Gasteiger partial charge on any atom is 0.175 e. The summed E-state index contributed by atoms with van der Waals surface area (Å²) in [5.74, 6) is 0. The third-order valence-electron chi connectivity index (χ3n) is 12.6. The number of furan rings is 1. The molecule has 0 saturated carbocycles. The molecule has 3 nitrogen and oxygen atoms in total. The number of hydrogen-bond donors (Lipinski definition) is 0. The highest BCUT2D eigenvalue weighted by atomic mass is 28.3. The molecule has 1 aliphatic rings. The van der Waals surface area contributed by atoms with Crippen LogP contribution in [-0.4, -0.2) is 17.2 Å². The third kappa shape index (κ3) is 4.73. The SMILES string of the molecule is C1=C(n2c3ccccc3c3cc(-n4c5ccccc5c5c6oc7ccccc7c6ccc54)ccc32)CC([Si](c2ccccc2)(c2ccccc2)c2ccccc2)=CC1. The number of nitrogens with zero attached hydrogens (tertiary/aromatic N) is 2. The van der Waals surface area contributed by atoms with Crippen molar-refractivity contribution in [2.45, 2.75) is 12.8 Å². The van der Waals surface area contributed by atoms with Crippen molar-refractivity contribution in [1.29, 1.82) is 0 Å². The second kappa shape index (κ2) is 13.0. The molecule has 0 bridgehead atoms. The third-order valence-corrected chi connectivity index (χ3v) is 17.5. The van der Waals surface area contributed by atoms with E-state index in [0.717, 1.165) is 51.4 Å². The summed E-state index contributed by atoms with van der Waals surface area (Å²) in [5.41, 5.74) is 9.11. The van der Waals surface area contributed by atoms with Crippen LogP contribution in [0.2, 0.25) is 0 Å². The second-order valence-electron chi connectivity index (χ2n) is 15.5. The zero-order valence-corrected chi connectivity index (χ0v) is 32.8. The van der Waals surface area contributed by atoms with Gasteiger partial charge in [-0.05, 0) is 70.5 Å². The zero-order valence-electron chi connectivity index (χ0n) is 31.8. The monoisotopic (exact) mass is 758 g/mol. The van der Waals surface area contributed by atoms with E-state index in [1.54, 1.807) is 0 Å². The first-order valence-corrected chi connectivity index (χ1v) is 22.2. The first kappa shape index (κ1) is 33.0. The molecule has 0 saturated heterocycles. The van der Waals surface area contributed by atoms with Gasteiger partial charge in [-0.3, -0.25) is 0 Å². The van der Waals surface area contributed by atoms with Gasteiger partial charge in [0, 0.05) is 44.7 Å². The maximum atomic E-state index is 6.61. The van der Waals surface area contributed by atoms with Gasteiger partial charge in [-0.1, -0.05) is 163 Å². The molecular weight excluding hydrogens is 721 g/mol. The minimum Gasteiger partial charge on any atom is -0.455 e. The Kier molecular flexibility index (Phi) is 7.38. The fraction of sp³-hybridized carbons (Fsp3) is 0.0370. The highest BCUT2D eigenvalue weighted by molar-refractivity contribution is 7.16. The number of fused-ring (bicyclic) bond motifs is 10. The molecule has 8 aromatic carbocycles. The Morgan fingerprint density at radius 3 is 1.66 bits per heavy atom. The highest BCUT2D eigenvalue weighted by Gasteiger charge is 2.43. The predicted molar refractivity (Wildman–Crippen MR) is 247 cm³/mol. The highest BCUT2D eigenvalue weighted by Crippen LogP contribution is 2.42. The van der Waals surface area contributed by atoms with E-state index < -0.39 is 8.07 Å². The molecule has 0 amide bonds. The van der Waals surface area contributed by atoms with Crippen molar-refractivity contribution in [3.05, 3.63) is 211 Å². The van der Waals surface area contributed by atoms with Crippen molar-refractivity contribution in [1.82, 2.24) is 9.13 Å². The number of allylic oxidation sites excluding steroid dienone is 4. The number of para-hydroxylation sites is 3. The van der Waals surface area contributed by atoms with Crippen LogP contribution < -0.4 is 15.6 Å². The van der Waals surface area contributed by atoms with Crippen LogP contribution in [0.5, 0.6) is 0 Å². The Morgan fingerprint density at radius 2 is 0.966 bits per heavy atom. The molecule has 0 fully saturated rings. The average molecular weight is 759 g/mol. The van der Waals surface area contributed by atoms with Gasteiger partial charge in [-0.25, -0.2) is 0 Å². The molecule has 1 aliphatic carbocycles. The van der Waals surface area contributed by atoms with E-state index in [2.05, 4.69) is 209 Å². The summed E-state index contributed by atoms with van der Waals surface area (Å²) in [6, 6.07) is 71.5. The molecule has 0 radical (unpaired) electrons. The van der Waals surface area contributed by atoms with Crippen LogP contribution >= 0.6 is 0 Å². The summed E-state index contributed by atoms with van der Waals surface area (Å²) >= 11 is 0. The second-order valence-corrected chi connectivity index (χ2v) is 19.4. The molecular formula is C54H38N2OSi. The van der Waals surface area contributed by atoms with Crippen molar-refractivity contribution in [2.75, 3.05) is 0 Å². The van der Waals surface area contributed by atoms with Gasteiger partial charge in [0.2, 0.25) is 0 Å². The molecule has 0 aliphatic heterocycles. The van der Waals surface area contributed by atoms with Crippen molar-refractivity contribution in [3.8, 4) is 5.69 Å². The van der Waals surface area contributed by atoms with Gasteiger partial charge < -0.3 is 13.6 Å². The van der Waals surface area contributed by atoms with E-state index >= 15 is 0 Å². The summed E-state index contributed by atoms with van der Waals surface area (Å²) in [6.07, 6.45) is 6.74. The Balaban J connectivity index is 1.04. The van der Waals surface area contributed by atoms with Crippen LogP contribution in [0.1, 0.15) is 12.8 Å². The Labute approximate surface area is 337 Å². The van der Waals surface area contributed by atoms with E-state index in [0.29, 0.717) is 0 Å². The summed E-state index contributed by atoms with van der Waals surface area (Å²) in [7, 11) is -2.64. The summed E-state index contributed by atoms with van der Waals surface area (Å²) < 4.78 is 11.6. The standard InChI is InChI=1S/C54H38N2OSi/c1-4-18-39(19-5-1)58(40-20-6-2-7-21-40,41-22-8-3-9-23-41)42-24-16-17-37(35-42)55-48-28-13-10-25-43(48)47-36-38(31-33-50(47)55)56-49-29-14-11-27-46(49)53-51(56)34-32-45-44-26-12-15-30-52(44)57-54(45)53/h1-15,17-34,36H,16,35H2. The number of rotatable bonds is 6. The summed E-state index contributed by atoms with van der Waals surface area (Å²) in [4.78, 5) is 0. The van der Waals surface area contributed by atoms with E-state index in [9.17, 15) is 0 Å². The first-order chi connectivity index (χ1) is 28.8. The van der Waals surface area contributed by atoms with Gasteiger partial charge in [-0.2, -0.15) is 0 Å². The van der Waals surface area contributed by atoms with Gasteiger partial charge in [-0.15, -0.1) is 0 Å². The van der Waals surface area contributed by atoms with Gasteiger partial charge in [0.25, 0.3) is 0 Å². The molecule has 0 atom stereocenters. The largest absolute Gasteiger partial charge is 0.455 e. The van der Waals surface area contributed by atoms with E-state index in [4.69, 9.17) is 4.42 Å². The molecule has 11 aromatic rings. The molecule has 274 valence electrons. The molecule has 0 unspecified atom stereocenters. The number of benzene rings is 8. The normalized spacial score (nSPS) is 13.6. The lowest BCUT2D eigenvalue weighted by molar-refractivity contribution is 0.673. The molecule has 3 heterocycles. The van der Waals surface area contributed by atoms with Crippen LogP contribution in [0.4, 0.5) is 0 Å². The fourth-order valence-corrected chi connectivity index (χ4v) is 15.2. The molecule has 0 spiro atoms. The van der Waals surface area contributed by atoms with E-state index in [1.807, 2.05) is 6.07 Å². The van der Waals surface area contributed by atoms with Crippen molar-refractivity contribution < 1.29 is 4.42 Å². The van der Waals surface area contributed by atoms with Gasteiger partial charge in [0.15, 0.2) is 8.07 Å². The minimum absolute atomic E-state index is 0.862. The lowest BCUT2D eigenvalue weighted by Crippen LogP contribution is -2.68. The average Bonchev–Trinajstić information content (AvgIpc) is 3.95. The van der Waals surface area contributed by atoms with Crippen LogP contribution in [0.3, 0.4) is 0 Å². The Bertz CT molecular complexity index is 3340. The molecule has 0 N–H and O–H groups in total. The maximum absolute atomic E-state index is 6.61. The van der Waals surface area contributed by atoms with Crippen molar-refractivity contribution in [2.24, 2.45) is 0 Å². The Morgan fingerprint density at radius 1 is 0.414 bits per heavy atom. The molecule has 4 heteroatoms. The lowest BCUT2D eigenvalue weighted by atomic mass is 10.1. The minimum atomic E-state index is -2.64. The van der Waals surface area contributed by atoms with Crippen LogP contribution in [0, 0.1) is 0 Å². The zero-order chi connectivity index (χ0) is 38.2. The molecule has 12 rings (SSSR count). The fourth-order valence-electron chi connectivity index (χ4n) is 10.2. The lowest BCUT2D eigenvalue weighted by Gasteiger charge is -2.38. The van der Waals surface area contributed by atoms with Gasteiger partial charge in [0.1, 0.15) is 11.2 Å². The van der Waals surface area contributed by atoms with Crippen LogP contribution in [-0.2, 0) is 0 Å². The van der Waals surface area contributed by atoms with Crippen molar-refractivity contribution in [3.63, 3.8) is 0 Å². The topological polar surface area (TPSA) is 23.0 Å². The van der Waals surface area contributed by atoms with Crippen LogP contribution in [0.25, 0.3) is 76.9 Å². The summed E-state index contributed by atoms with van der Waals surface area (Å²) in [5, 5.41) is 12.9. The smallest absolute Gasteiger partial charge is 0.175 e. The molecule has 3 aromatic heterocycles. The quantitative estimate of drug-likeness (QED) is 0.122. The van der Waals surface area contributed by atoms with Gasteiger partial charge in [0.05, 0.1) is 27.5 Å². The van der Waals surface area contributed by atoms with E-state index in [-0.39, 0.29) is 0 Å². The predicted octanol–water partition coefficient (Wildman–Crippen LogP) is 12.1. The number of aromatic nitrogens is 2. The molecule has 58 heavy (non-hydrogen) atoms. The van der Waals surface area contributed by atoms with Gasteiger partial charge >= 0.3 is 0 Å².